The maximum atomic E-state index is 14.0. The largest absolute Gasteiger partial charge is 0.497 e. The first-order chi connectivity index (χ1) is 19.9. The summed E-state index contributed by atoms with van der Waals surface area (Å²) in [6, 6.07) is 8.13. The second kappa shape index (κ2) is 12.3. The molecule has 2 aromatic carbocycles. The van der Waals surface area contributed by atoms with Crippen LogP contribution in [0.25, 0.3) is 16.9 Å². The molecule has 4 rings (SSSR count). The monoisotopic (exact) mass is 584 g/mol. The van der Waals surface area contributed by atoms with Gasteiger partial charge in [-0.05, 0) is 38.4 Å². The topological polar surface area (TPSA) is 110 Å². The molecule has 2 aromatic heterocycles. The van der Waals surface area contributed by atoms with Gasteiger partial charge in [-0.15, -0.1) is 0 Å². The van der Waals surface area contributed by atoms with Gasteiger partial charge in [0.25, 0.3) is 0 Å². The predicted molar refractivity (Wildman–Crippen MR) is 155 cm³/mol. The number of hydrogen-bond donors (Lipinski definition) is 2. The van der Waals surface area contributed by atoms with E-state index in [1.807, 2.05) is 30.9 Å². The number of amides is 1. The molecule has 1 amide bonds. The van der Waals surface area contributed by atoms with Crippen LogP contribution in [0.1, 0.15) is 5.56 Å². The van der Waals surface area contributed by atoms with Crippen molar-refractivity contribution in [3.63, 3.8) is 0 Å². The number of nitrogens with zero attached hydrogens (tertiary/aromatic N) is 6. The van der Waals surface area contributed by atoms with E-state index in [0.717, 1.165) is 12.6 Å². The first kappa shape index (κ1) is 30.1. The van der Waals surface area contributed by atoms with Crippen molar-refractivity contribution in [1.82, 2.24) is 24.4 Å². The third kappa shape index (κ3) is 6.54. The van der Waals surface area contributed by atoms with E-state index in [1.165, 1.54) is 25.1 Å². The van der Waals surface area contributed by atoms with Crippen LogP contribution in [0.2, 0.25) is 0 Å². The Balaban J connectivity index is 1.80. The van der Waals surface area contributed by atoms with Crippen molar-refractivity contribution in [3.8, 4) is 17.3 Å². The highest BCUT2D eigenvalue weighted by Crippen LogP contribution is 2.39. The molecule has 0 atom stereocenters. The van der Waals surface area contributed by atoms with Crippen LogP contribution in [0, 0.1) is 0 Å². The molecule has 222 valence electrons. The van der Waals surface area contributed by atoms with E-state index in [-0.39, 0.29) is 5.95 Å². The van der Waals surface area contributed by atoms with Crippen LogP contribution in [0.3, 0.4) is 0 Å². The molecule has 11 nitrogen and oxygen atoms in total. The number of alkyl halides is 3. The van der Waals surface area contributed by atoms with Crippen molar-refractivity contribution in [2.45, 2.75) is 6.18 Å². The molecule has 0 fully saturated rings. The number of anilines is 4. The van der Waals surface area contributed by atoms with Crippen LogP contribution in [-0.2, 0) is 11.0 Å². The highest BCUT2D eigenvalue weighted by molar-refractivity contribution is 6.02. The summed E-state index contributed by atoms with van der Waals surface area (Å²) >= 11 is 0. The van der Waals surface area contributed by atoms with Crippen molar-refractivity contribution in [2.75, 3.05) is 64.0 Å². The summed E-state index contributed by atoms with van der Waals surface area (Å²) in [5, 5.41) is 5.73. The molecule has 2 N–H and O–H groups in total. The first-order valence-corrected chi connectivity index (χ1v) is 12.7. The van der Waals surface area contributed by atoms with Crippen LogP contribution in [-0.4, -0.2) is 78.8 Å². The molecular weight excluding hydrogens is 553 g/mol. The molecule has 0 aliphatic rings. The van der Waals surface area contributed by atoms with Gasteiger partial charge in [0.05, 0.1) is 42.3 Å². The van der Waals surface area contributed by atoms with Gasteiger partial charge in [-0.2, -0.15) is 18.2 Å². The number of imidazole rings is 1. The van der Waals surface area contributed by atoms with Gasteiger partial charge in [0.2, 0.25) is 11.9 Å². The summed E-state index contributed by atoms with van der Waals surface area (Å²) in [6.45, 7) is 4.89. The lowest BCUT2D eigenvalue weighted by molar-refractivity contribution is -0.137. The van der Waals surface area contributed by atoms with Gasteiger partial charge in [0.15, 0.2) is 5.82 Å². The molecule has 0 unspecified atom stereocenters. The van der Waals surface area contributed by atoms with Crippen LogP contribution < -0.4 is 25.0 Å². The standard InChI is InChI=1S/C28H31F3N8O3/c1-7-25(40)34-20-13-21(24(42-6)14-23(20)38(4)11-10-37(2)3)35-27-32-15-18(28(29,30)31)26(36-27)39-16-33-19-12-17(41-5)8-9-22(19)39/h7-9,12-16H,1,10-11H2,2-6H3,(H,34,40)(H,32,35,36). The van der Waals surface area contributed by atoms with Gasteiger partial charge in [-0.1, -0.05) is 6.58 Å². The molecule has 0 saturated heterocycles. The number of fused-ring (bicyclic) bond motifs is 1. The Labute approximate surface area is 240 Å². The zero-order valence-electron chi connectivity index (χ0n) is 23.8. The fraction of sp³-hybridized carbons (Fsp3) is 0.286. The van der Waals surface area contributed by atoms with E-state index in [9.17, 15) is 18.0 Å². The summed E-state index contributed by atoms with van der Waals surface area (Å²) in [5.41, 5.74) is 1.16. The average Bonchev–Trinajstić information content (AvgIpc) is 3.38. The Morgan fingerprint density at radius 1 is 1.07 bits per heavy atom. The third-order valence-corrected chi connectivity index (χ3v) is 6.36. The highest BCUT2D eigenvalue weighted by Gasteiger charge is 2.36. The van der Waals surface area contributed by atoms with Gasteiger partial charge in [0, 0.05) is 38.5 Å². The SMILES string of the molecule is C=CC(=O)Nc1cc(Nc2ncc(C(F)(F)F)c(-n3cnc4cc(OC)ccc43)n2)c(OC)cc1N(C)CCN(C)C. The number of methoxy groups -OCH3 is 2. The van der Waals surface area contributed by atoms with Crippen LogP contribution in [0.5, 0.6) is 11.5 Å². The van der Waals surface area contributed by atoms with E-state index >= 15 is 0 Å². The van der Waals surface area contributed by atoms with Crippen molar-refractivity contribution >= 4 is 40.0 Å². The molecule has 0 saturated carbocycles. The van der Waals surface area contributed by atoms with Crippen molar-refractivity contribution < 1.29 is 27.4 Å². The number of hydrogen-bond acceptors (Lipinski definition) is 9. The Morgan fingerprint density at radius 2 is 1.83 bits per heavy atom. The predicted octanol–water partition coefficient (Wildman–Crippen LogP) is 4.72. The molecule has 42 heavy (non-hydrogen) atoms. The number of halogens is 3. The van der Waals surface area contributed by atoms with Gasteiger partial charge < -0.3 is 29.9 Å². The second-order valence-corrected chi connectivity index (χ2v) is 9.51. The minimum absolute atomic E-state index is 0.138. The molecule has 14 heteroatoms. The zero-order chi connectivity index (χ0) is 30.6. The Hall–Kier alpha value is -4.85. The lowest BCUT2D eigenvalue weighted by atomic mass is 10.2. The minimum Gasteiger partial charge on any atom is -0.497 e. The quantitative estimate of drug-likeness (QED) is 0.242. The summed E-state index contributed by atoms with van der Waals surface area (Å²) < 4.78 is 54.2. The molecule has 2 heterocycles. The molecule has 0 radical (unpaired) electrons. The van der Waals surface area contributed by atoms with Gasteiger partial charge in [0.1, 0.15) is 23.4 Å². The highest BCUT2D eigenvalue weighted by atomic mass is 19.4. The van der Waals surface area contributed by atoms with E-state index < -0.39 is 23.5 Å². The summed E-state index contributed by atoms with van der Waals surface area (Å²) in [5.74, 6) is -0.141. The summed E-state index contributed by atoms with van der Waals surface area (Å²) in [7, 11) is 8.70. The fourth-order valence-corrected chi connectivity index (χ4v) is 4.13. The normalized spacial score (nSPS) is 11.5. The summed E-state index contributed by atoms with van der Waals surface area (Å²) in [4.78, 5) is 28.6. The Bertz CT molecular complexity index is 1600. The van der Waals surface area contributed by atoms with Crippen molar-refractivity contribution in [2.24, 2.45) is 0 Å². The third-order valence-electron chi connectivity index (χ3n) is 6.36. The van der Waals surface area contributed by atoms with Gasteiger partial charge in [-0.25, -0.2) is 9.97 Å². The minimum atomic E-state index is -4.74. The van der Waals surface area contributed by atoms with Crippen LogP contribution in [0.15, 0.2) is 55.5 Å². The molecule has 0 aliphatic carbocycles. The van der Waals surface area contributed by atoms with E-state index in [2.05, 4.69) is 32.2 Å². The molecule has 0 bridgehead atoms. The Kier molecular flexibility index (Phi) is 8.85. The molecular formula is C28H31F3N8O3. The smallest absolute Gasteiger partial charge is 0.421 e. The van der Waals surface area contributed by atoms with E-state index in [4.69, 9.17) is 9.47 Å². The number of carbonyl (C=O) groups is 1. The maximum absolute atomic E-state index is 14.0. The number of likely N-dealkylation sites (N-methyl/N-ethyl adjacent to an activating group) is 2. The summed E-state index contributed by atoms with van der Waals surface area (Å²) in [6.07, 6.45) is -1.64. The van der Waals surface area contributed by atoms with Crippen LogP contribution >= 0.6 is 0 Å². The molecule has 0 aliphatic heterocycles. The molecule has 4 aromatic rings. The number of nitrogens with one attached hydrogen (secondary N) is 2. The van der Waals surface area contributed by atoms with Gasteiger partial charge >= 0.3 is 6.18 Å². The number of benzene rings is 2. The van der Waals surface area contributed by atoms with Crippen LogP contribution in [0.4, 0.5) is 36.2 Å². The van der Waals surface area contributed by atoms with Crippen molar-refractivity contribution in [3.05, 3.63) is 61.1 Å². The fourth-order valence-electron chi connectivity index (χ4n) is 4.13. The molecule has 0 spiro atoms. The number of aromatic nitrogens is 4. The Morgan fingerprint density at radius 3 is 2.48 bits per heavy atom. The van der Waals surface area contributed by atoms with Crippen molar-refractivity contribution in [1.29, 1.82) is 0 Å². The number of carbonyl (C=O) groups excluding carboxylic acids is 1. The maximum Gasteiger partial charge on any atom is 0.421 e. The average molecular weight is 585 g/mol. The van der Waals surface area contributed by atoms with E-state index in [1.54, 1.807) is 30.3 Å². The first-order valence-electron chi connectivity index (χ1n) is 12.7. The van der Waals surface area contributed by atoms with E-state index in [0.29, 0.717) is 52.3 Å². The lowest BCUT2D eigenvalue weighted by Crippen LogP contribution is -2.29. The number of ether oxygens (including phenoxy) is 2. The number of rotatable bonds is 11. The van der Waals surface area contributed by atoms with Gasteiger partial charge in [-0.3, -0.25) is 9.36 Å². The zero-order valence-corrected chi connectivity index (χ0v) is 23.8. The second-order valence-electron chi connectivity index (χ2n) is 9.51. The lowest BCUT2D eigenvalue weighted by Gasteiger charge is -2.26.